The number of benzene rings is 1. The number of hydrogen-bond donors (Lipinski definition) is 2. The molecule has 1 aliphatic carbocycles. The number of halogens is 1. The van der Waals surface area contributed by atoms with E-state index in [2.05, 4.69) is 15.5 Å². The summed E-state index contributed by atoms with van der Waals surface area (Å²) in [7, 11) is 1.62. The molecule has 3 rings (SSSR count). The van der Waals surface area contributed by atoms with Gasteiger partial charge in [0.25, 0.3) is 0 Å². The Hall–Kier alpha value is -2.12. The fourth-order valence-corrected chi connectivity index (χ4v) is 3.39. The van der Waals surface area contributed by atoms with E-state index in [0.717, 1.165) is 30.6 Å². The van der Waals surface area contributed by atoms with Gasteiger partial charge in [-0.3, -0.25) is 4.79 Å². The first kappa shape index (κ1) is 21.2. The van der Waals surface area contributed by atoms with Gasteiger partial charge in [0, 0.05) is 24.4 Å². The van der Waals surface area contributed by atoms with Crippen molar-refractivity contribution in [3.63, 3.8) is 0 Å². The Labute approximate surface area is 165 Å². The summed E-state index contributed by atoms with van der Waals surface area (Å²) in [5.41, 5.74) is 6.66. The van der Waals surface area contributed by atoms with Crippen LogP contribution in [0.1, 0.15) is 38.0 Å². The molecule has 2 atom stereocenters. The first-order chi connectivity index (χ1) is 12.7. The summed E-state index contributed by atoms with van der Waals surface area (Å²) in [6.07, 6.45) is 5.21. The van der Waals surface area contributed by atoms with Crippen LogP contribution in [0, 0.1) is 5.92 Å². The zero-order chi connectivity index (χ0) is 18.4. The molecule has 7 nitrogen and oxygen atoms in total. The molecule has 2 unspecified atom stereocenters. The molecule has 3 N–H and O–H groups in total. The highest BCUT2D eigenvalue weighted by Crippen LogP contribution is 2.24. The van der Waals surface area contributed by atoms with E-state index in [1.165, 1.54) is 6.42 Å². The van der Waals surface area contributed by atoms with Crippen LogP contribution in [0.3, 0.4) is 0 Å². The van der Waals surface area contributed by atoms with E-state index in [9.17, 15) is 4.79 Å². The molecule has 0 spiro atoms. The number of methoxy groups -OCH3 is 1. The van der Waals surface area contributed by atoms with Crippen LogP contribution in [0.25, 0.3) is 11.4 Å². The normalized spacial score (nSPS) is 19.2. The minimum absolute atomic E-state index is 0. The van der Waals surface area contributed by atoms with E-state index in [0.29, 0.717) is 37.0 Å². The van der Waals surface area contributed by atoms with E-state index < -0.39 is 0 Å². The van der Waals surface area contributed by atoms with Gasteiger partial charge in [0.1, 0.15) is 5.75 Å². The van der Waals surface area contributed by atoms with Gasteiger partial charge in [-0.25, -0.2) is 0 Å². The van der Waals surface area contributed by atoms with E-state index in [4.69, 9.17) is 15.0 Å². The predicted molar refractivity (Wildman–Crippen MR) is 105 cm³/mol. The third-order valence-corrected chi connectivity index (χ3v) is 4.94. The number of carbonyl (C=O) groups is 1. The summed E-state index contributed by atoms with van der Waals surface area (Å²) in [6.45, 7) is 0.625. The van der Waals surface area contributed by atoms with Crippen molar-refractivity contribution in [1.82, 2.24) is 15.5 Å². The van der Waals surface area contributed by atoms with Crippen LogP contribution in [0.15, 0.2) is 28.8 Å². The van der Waals surface area contributed by atoms with Crippen LogP contribution < -0.4 is 15.8 Å². The standard InChI is InChI=1S/C19H26N4O3.ClH/c1-25-15-8-6-13(7-9-15)19-22-18(26-23-19)11-10-17(24)21-16-5-3-2-4-14(16)12-20;/h6-9,14,16H,2-5,10-12,20H2,1H3,(H,21,24);1H. The molecule has 1 aliphatic rings. The quantitative estimate of drug-likeness (QED) is 0.748. The third-order valence-electron chi connectivity index (χ3n) is 4.94. The predicted octanol–water partition coefficient (Wildman–Crippen LogP) is 2.73. The molecule has 1 fully saturated rings. The number of nitrogens with one attached hydrogen (secondary N) is 1. The number of ether oxygens (including phenoxy) is 1. The Bertz CT molecular complexity index is 720. The zero-order valence-electron chi connectivity index (χ0n) is 15.5. The highest BCUT2D eigenvalue weighted by atomic mass is 35.5. The molecule has 1 saturated carbocycles. The minimum atomic E-state index is 0. The van der Waals surface area contributed by atoms with Crippen molar-refractivity contribution in [2.45, 2.75) is 44.6 Å². The van der Waals surface area contributed by atoms with Crippen LogP contribution in [-0.4, -0.2) is 35.7 Å². The average Bonchev–Trinajstić information content (AvgIpc) is 3.16. The second kappa shape index (κ2) is 10.3. The van der Waals surface area contributed by atoms with E-state index >= 15 is 0 Å². The first-order valence-corrected chi connectivity index (χ1v) is 9.16. The Kier molecular flexibility index (Phi) is 8.06. The molecule has 8 heteroatoms. The number of hydrogen-bond acceptors (Lipinski definition) is 6. The molecule has 2 aromatic rings. The van der Waals surface area contributed by atoms with Crippen LogP contribution >= 0.6 is 12.4 Å². The monoisotopic (exact) mass is 394 g/mol. The Balaban J connectivity index is 0.00000261. The number of aromatic nitrogens is 2. The van der Waals surface area contributed by atoms with Gasteiger partial charge in [0.05, 0.1) is 7.11 Å². The molecule has 1 heterocycles. The number of carbonyl (C=O) groups excluding carboxylic acids is 1. The topological polar surface area (TPSA) is 103 Å². The summed E-state index contributed by atoms with van der Waals surface area (Å²) in [5, 5.41) is 7.10. The van der Waals surface area contributed by atoms with Crippen molar-refractivity contribution in [3.8, 4) is 17.1 Å². The van der Waals surface area contributed by atoms with Crippen LogP contribution in [0.5, 0.6) is 5.75 Å². The first-order valence-electron chi connectivity index (χ1n) is 9.16. The van der Waals surface area contributed by atoms with Crippen molar-refractivity contribution in [2.75, 3.05) is 13.7 Å². The van der Waals surface area contributed by atoms with Gasteiger partial charge in [-0.15, -0.1) is 12.4 Å². The average molecular weight is 395 g/mol. The van der Waals surface area contributed by atoms with Gasteiger partial charge in [-0.05, 0) is 49.6 Å². The van der Waals surface area contributed by atoms with Gasteiger partial charge in [-0.1, -0.05) is 18.0 Å². The Morgan fingerprint density at radius 1 is 1.30 bits per heavy atom. The summed E-state index contributed by atoms with van der Waals surface area (Å²) in [4.78, 5) is 16.6. The maximum absolute atomic E-state index is 12.2. The van der Waals surface area contributed by atoms with Gasteiger partial charge in [0.15, 0.2) is 0 Å². The van der Waals surface area contributed by atoms with Gasteiger partial charge in [-0.2, -0.15) is 4.98 Å². The van der Waals surface area contributed by atoms with Crippen LogP contribution in [-0.2, 0) is 11.2 Å². The number of rotatable bonds is 7. The smallest absolute Gasteiger partial charge is 0.227 e. The number of aryl methyl sites for hydroxylation is 1. The van der Waals surface area contributed by atoms with Gasteiger partial charge < -0.3 is 20.3 Å². The number of nitrogens with two attached hydrogens (primary N) is 1. The Morgan fingerprint density at radius 2 is 2.04 bits per heavy atom. The fraction of sp³-hybridized carbons (Fsp3) is 0.526. The lowest BCUT2D eigenvalue weighted by atomic mass is 9.84. The largest absolute Gasteiger partial charge is 0.497 e. The SMILES string of the molecule is COc1ccc(-c2noc(CCC(=O)NC3CCCCC3CN)n2)cc1.Cl. The molecule has 1 aromatic carbocycles. The van der Waals surface area contributed by atoms with E-state index in [1.54, 1.807) is 7.11 Å². The zero-order valence-corrected chi connectivity index (χ0v) is 16.3. The van der Waals surface area contributed by atoms with Crippen molar-refractivity contribution >= 4 is 18.3 Å². The molecular formula is C19H27ClN4O3. The molecule has 0 aliphatic heterocycles. The highest BCUT2D eigenvalue weighted by Gasteiger charge is 2.25. The third kappa shape index (κ3) is 5.68. The van der Waals surface area contributed by atoms with Crippen molar-refractivity contribution < 1.29 is 14.1 Å². The minimum Gasteiger partial charge on any atom is -0.497 e. The maximum Gasteiger partial charge on any atom is 0.227 e. The Morgan fingerprint density at radius 3 is 2.74 bits per heavy atom. The van der Waals surface area contributed by atoms with Gasteiger partial charge >= 0.3 is 0 Å². The maximum atomic E-state index is 12.2. The molecule has 148 valence electrons. The highest BCUT2D eigenvalue weighted by molar-refractivity contribution is 5.85. The van der Waals surface area contributed by atoms with Crippen molar-refractivity contribution in [3.05, 3.63) is 30.2 Å². The van der Waals surface area contributed by atoms with Crippen LogP contribution in [0.2, 0.25) is 0 Å². The summed E-state index contributed by atoms with van der Waals surface area (Å²) >= 11 is 0. The summed E-state index contributed by atoms with van der Waals surface area (Å²) < 4.78 is 10.4. The summed E-state index contributed by atoms with van der Waals surface area (Å²) in [5.74, 6) is 2.15. The lowest BCUT2D eigenvalue weighted by Crippen LogP contribution is -2.44. The number of amides is 1. The van der Waals surface area contributed by atoms with Crippen molar-refractivity contribution in [2.24, 2.45) is 11.7 Å². The lowest BCUT2D eigenvalue weighted by molar-refractivity contribution is -0.122. The molecule has 0 radical (unpaired) electrons. The molecular weight excluding hydrogens is 368 g/mol. The molecule has 1 amide bonds. The molecule has 0 saturated heterocycles. The van der Waals surface area contributed by atoms with E-state index in [1.807, 2.05) is 24.3 Å². The molecule has 27 heavy (non-hydrogen) atoms. The van der Waals surface area contributed by atoms with E-state index in [-0.39, 0.29) is 24.4 Å². The lowest BCUT2D eigenvalue weighted by Gasteiger charge is -2.31. The second-order valence-electron chi connectivity index (χ2n) is 6.69. The molecule has 0 bridgehead atoms. The second-order valence-corrected chi connectivity index (χ2v) is 6.69. The van der Waals surface area contributed by atoms with Gasteiger partial charge in [0.2, 0.25) is 17.6 Å². The van der Waals surface area contributed by atoms with Crippen molar-refractivity contribution in [1.29, 1.82) is 0 Å². The summed E-state index contributed by atoms with van der Waals surface area (Å²) in [6, 6.07) is 7.62. The van der Waals surface area contributed by atoms with Crippen LogP contribution in [0.4, 0.5) is 0 Å². The number of nitrogens with zero attached hydrogens (tertiary/aromatic N) is 2. The molecule has 1 aromatic heterocycles. The fourth-order valence-electron chi connectivity index (χ4n) is 3.39.